The monoisotopic (exact) mass is 333 g/mol. The summed E-state index contributed by atoms with van der Waals surface area (Å²) >= 11 is 0. The summed E-state index contributed by atoms with van der Waals surface area (Å²) in [5.74, 6) is 0.256. The largest absolute Gasteiger partial charge is 0.483 e. The van der Waals surface area contributed by atoms with Gasteiger partial charge in [0.25, 0.3) is 15.0 Å². The first-order valence-corrected chi connectivity index (χ1v) is 8.94. The van der Waals surface area contributed by atoms with Gasteiger partial charge in [-0.25, -0.2) is 8.42 Å². The lowest BCUT2D eigenvalue weighted by Crippen LogP contribution is -2.35. The topological polar surface area (TPSA) is 72.5 Å². The molecule has 1 atom stereocenters. The van der Waals surface area contributed by atoms with Gasteiger partial charge >= 0.3 is 0 Å². The third-order valence-electron chi connectivity index (χ3n) is 3.11. The van der Waals surface area contributed by atoms with Crippen molar-refractivity contribution in [3.05, 3.63) is 23.3 Å². The Morgan fingerprint density at radius 1 is 1.33 bits per heavy atom. The summed E-state index contributed by atoms with van der Waals surface area (Å²) in [7, 11) is 1.57. The Kier molecular flexibility index (Phi) is 6.04. The number of nitrogens with one attached hydrogen (secondary N) is 1. The van der Waals surface area contributed by atoms with Crippen molar-refractivity contribution in [2.45, 2.75) is 45.1 Å². The molecule has 1 unspecified atom stereocenters. The van der Waals surface area contributed by atoms with Crippen LogP contribution >= 0.6 is 10.7 Å². The van der Waals surface area contributed by atoms with Gasteiger partial charge in [0.2, 0.25) is 0 Å². The Morgan fingerprint density at radius 3 is 2.48 bits per heavy atom. The molecule has 0 aliphatic heterocycles. The van der Waals surface area contributed by atoms with Crippen LogP contribution in [0, 0.1) is 13.8 Å². The molecule has 118 valence electrons. The number of aryl methyl sites for hydroxylation is 2. The minimum atomic E-state index is -3.79. The molecule has 0 saturated carbocycles. The lowest BCUT2D eigenvalue weighted by Gasteiger charge is -2.14. The molecule has 1 aromatic rings. The van der Waals surface area contributed by atoms with Gasteiger partial charge < -0.3 is 10.1 Å². The van der Waals surface area contributed by atoms with Gasteiger partial charge in [0.05, 0.1) is 4.90 Å². The third-order valence-corrected chi connectivity index (χ3v) is 4.58. The van der Waals surface area contributed by atoms with Gasteiger partial charge in [0, 0.05) is 16.7 Å². The fourth-order valence-corrected chi connectivity index (χ4v) is 3.00. The normalized spacial score (nSPS) is 12.8. The van der Waals surface area contributed by atoms with E-state index in [2.05, 4.69) is 5.32 Å². The summed E-state index contributed by atoms with van der Waals surface area (Å²) in [6.45, 7) is 7.10. The molecule has 1 rings (SSSR count). The van der Waals surface area contributed by atoms with Crippen molar-refractivity contribution in [3.63, 3.8) is 0 Å². The Bertz CT molecular complexity index is 628. The molecule has 0 aliphatic rings. The molecule has 1 N–H and O–H groups in total. The standard InChI is InChI=1S/C14H20ClNO4S/c1-5-11(4)16-14(17)8-20-12-6-10(3)13(7-9(12)2)21(15,18)19/h6-7,11H,5,8H2,1-4H3,(H,16,17). The van der Waals surface area contributed by atoms with E-state index in [0.29, 0.717) is 16.9 Å². The molecule has 0 aromatic heterocycles. The summed E-state index contributed by atoms with van der Waals surface area (Å²) in [4.78, 5) is 11.7. The Morgan fingerprint density at radius 2 is 1.95 bits per heavy atom. The van der Waals surface area contributed by atoms with Crippen molar-refractivity contribution >= 4 is 25.6 Å². The summed E-state index contributed by atoms with van der Waals surface area (Å²) < 4.78 is 28.2. The van der Waals surface area contributed by atoms with E-state index in [4.69, 9.17) is 15.4 Å². The Labute approximate surface area is 130 Å². The molecular formula is C14H20ClNO4S. The van der Waals surface area contributed by atoms with E-state index >= 15 is 0 Å². The molecule has 1 amide bonds. The summed E-state index contributed by atoms with van der Waals surface area (Å²) in [6.07, 6.45) is 0.839. The van der Waals surface area contributed by atoms with Crippen LogP contribution in [-0.4, -0.2) is 27.0 Å². The second-order valence-corrected chi connectivity index (χ2v) is 7.52. The average Bonchev–Trinajstić information content (AvgIpc) is 2.37. The molecule has 0 radical (unpaired) electrons. The molecule has 0 heterocycles. The van der Waals surface area contributed by atoms with Crippen LogP contribution in [0.25, 0.3) is 0 Å². The molecule has 0 saturated heterocycles. The van der Waals surface area contributed by atoms with Crippen molar-refractivity contribution < 1.29 is 17.9 Å². The van der Waals surface area contributed by atoms with Crippen LogP contribution in [0.15, 0.2) is 17.0 Å². The van der Waals surface area contributed by atoms with Gasteiger partial charge in [-0.2, -0.15) is 0 Å². The first-order chi connectivity index (χ1) is 9.65. The number of ether oxygens (including phenoxy) is 1. The zero-order valence-electron chi connectivity index (χ0n) is 12.6. The first-order valence-electron chi connectivity index (χ1n) is 6.63. The van der Waals surface area contributed by atoms with E-state index in [1.807, 2.05) is 13.8 Å². The highest BCUT2D eigenvalue weighted by atomic mass is 35.7. The molecule has 5 nitrogen and oxygen atoms in total. The van der Waals surface area contributed by atoms with Gasteiger partial charge in [-0.1, -0.05) is 6.92 Å². The van der Waals surface area contributed by atoms with E-state index < -0.39 is 9.05 Å². The van der Waals surface area contributed by atoms with Gasteiger partial charge in [-0.15, -0.1) is 0 Å². The summed E-state index contributed by atoms with van der Waals surface area (Å²) in [5.41, 5.74) is 1.09. The number of hydrogen-bond donors (Lipinski definition) is 1. The average molecular weight is 334 g/mol. The maximum atomic E-state index is 11.7. The number of hydrogen-bond acceptors (Lipinski definition) is 4. The maximum Gasteiger partial charge on any atom is 0.261 e. The van der Waals surface area contributed by atoms with Crippen molar-refractivity contribution in [3.8, 4) is 5.75 Å². The van der Waals surface area contributed by atoms with Gasteiger partial charge in [0.15, 0.2) is 6.61 Å². The minimum absolute atomic E-state index is 0.0538. The number of benzene rings is 1. The molecule has 21 heavy (non-hydrogen) atoms. The van der Waals surface area contributed by atoms with E-state index in [0.717, 1.165) is 6.42 Å². The van der Waals surface area contributed by atoms with Crippen LogP contribution in [-0.2, 0) is 13.8 Å². The smallest absolute Gasteiger partial charge is 0.261 e. The molecular weight excluding hydrogens is 314 g/mol. The summed E-state index contributed by atoms with van der Waals surface area (Å²) in [5, 5.41) is 2.79. The SMILES string of the molecule is CCC(C)NC(=O)COc1cc(C)c(S(=O)(=O)Cl)cc1C. The highest BCUT2D eigenvalue weighted by Gasteiger charge is 2.16. The fourth-order valence-electron chi connectivity index (χ4n) is 1.74. The Balaban J connectivity index is 2.82. The molecule has 0 aliphatic carbocycles. The van der Waals surface area contributed by atoms with Crippen LogP contribution < -0.4 is 10.1 Å². The molecule has 0 fully saturated rings. The van der Waals surface area contributed by atoms with E-state index in [9.17, 15) is 13.2 Å². The number of amides is 1. The zero-order valence-corrected chi connectivity index (χ0v) is 14.1. The lowest BCUT2D eigenvalue weighted by atomic mass is 10.1. The predicted octanol–water partition coefficient (Wildman–Crippen LogP) is 2.52. The molecule has 0 spiro atoms. The Hall–Kier alpha value is -1.27. The number of rotatable bonds is 6. The number of carbonyl (C=O) groups excluding carboxylic acids is 1. The van der Waals surface area contributed by atoms with Crippen LogP contribution in [0.2, 0.25) is 0 Å². The quantitative estimate of drug-likeness (QED) is 0.812. The second-order valence-electron chi connectivity index (χ2n) is 4.99. The summed E-state index contributed by atoms with van der Waals surface area (Å²) in [6, 6.07) is 3.11. The number of halogens is 1. The molecule has 0 bridgehead atoms. The second kappa shape index (κ2) is 7.13. The fraction of sp³-hybridized carbons (Fsp3) is 0.500. The third kappa shape index (κ3) is 5.21. The van der Waals surface area contributed by atoms with Crippen molar-refractivity contribution in [2.24, 2.45) is 0 Å². The van der Waals surface area contributed by atoms with E-state index in [-0.39, 0.29) is 23.5 Å². The zero-order chi connectivity index (χ0) is 16.2. The predicted molar refractivity (Wildman–Crippen MR) is 82.3 cm³/mol. The first kappa shape index (κ1) is 17.8. The van der Waals surface area contributed by atoms with Crippen LogP contribution in [0.1, 0.15) is 31.4 Å². The maximum absolute atomic E-state index is 11.7. The van der Waals surface area contributed by atoms with Crippen LogP contribution in [0.3, 0.4) is 0 Å². The van der Waals surface area contributed by atoms with Crippen molar-refractivity contribution in [2.75, 3.05) is 6.61 Å². The molecule has 1 aromatic carbocycles. The highest BCUT2D eigenvalue weighted by Crippen LogP contribution is 2.27. The van der Waals surface area contributed by atoms with Gasteiger partial charge in [-0.05, 0) is 50.5 Å². The number of carbonyl (C=O) groups is 1. The van der Waals surface area contributed by atoms with E-state index in [1.54, 1.807) is 19.9 Å². The van der Waals surface area contributed by atoms with E-state index in [1.165, 1.54) is 6.07 Å². The van der Waals surface area contributed by atoms with Crippen LogP contribution in [0.5, 0.6) is 5.75 Å². The highest BCUT2D eigenvalue weighted by molar-refractivity contribution is 8.13. The van der Waals surface area contributed by atoms with Gasteiger partial charge in [0.1, 0.15) is 5.75 Å². The van der Waals surface area contributed by atoms with Crippen LogP contribution in [0.4, 0.5) is 0 Å². The van der Waals surface area contributed by atoms with Crippen molar-refractivity contribution in [1.82, 2.24) is 5.32 Å². The van der Waals surface area contributed by atoms with Crippen molar-refractivity contribution in [1.29, 1.82) is 0 Å². The lowest BCUT2D eigenvalue weighted by molar-refractivity contribution is -0.123. The van der Waals surface area contributed by atoms with Gasteiger partial charge in [-0.3, -0.25) is 4.79 Å². The molecule has 7 heteroatoms. The minimum Gasteiger partial charge on any atom is -0.483 e.